The Balaban J connectivity index is 2.18. The maximum Gasteiger partial charge on any atom is 0.218 e. The van der Waals surface area contributed by atoms with Crippen LogP contribution in [0, 0.1) is 13.8 Å². The van der Waals surface area contributed by atoms with E-state index in [1.54, 1.807) is 0 Å². The number of alkyl halides is 1. The third-order valence-corrected chi connectivity index (χ3v) is 3.77. The fraction of sp³-hybridized carbons (Fsp3) is 0.667. The van der Waals surface area contributed by atoms with Gasteiger partial charge < -0.3 is 9.47 Å². The third kappa shape index (κ3) is 3.61. The molecule has 0 N–H and O–H groups in total. The van der Waals surface area contributed by atoms with Gasteiger partial charge in [-0.1, -0.05) is 0 Å². The van der Waals surface area contributed by atoms with Gasteiger partial charge in [0.2, 0.25) is 5.88 Å². The summed E-state index contributed by atoms with van der Waals surface area (Å²) in [6.45, 7) is 8.20. The zero-order valence-corrected chi connectivity index (χ0v) is 12.8. The van der Waals surface area contributed by atoms with Crippen molar-refractivity contribution in [3.8, 4) is 5.88 Å². The number of rotatable bonds is 3. The number of aryl methyl sites for hydroxylation is 2. The van der Waals surface area contributed by atoms with Crippen LogP contribution < -0.4 is 4.74 Å². The molecule has 1 aromatic rings. The van der Waals surface area contributed by atoms with Crippen molar-refractivity contribution < 1.29 is 9.47 Å². The fourth-order valence-corrected chi connectivity index (χ4v) is 3.01. The summed E-state index contributed by atoms with van der Waals surface area (Å²) >= 11 is 6.02. The average molecular weight is 284 g/mol. The summed E-state index contributed by atoms with van der Waals surface area (Å²) in [4.78, 5) is 4.50. The molecule has 1 saturated heterocycles. The molecule has 0 aromatic carbocycles. The van der Waals surface area contributed by atoms with E-state index < -0.39 is 0 Å². The zero-order valence-electron chi connectivity index (χ0n) is 12.1. The first kappa shape index (κ1) is 14.6. The Morgan fingerprint density at radius 2 is 1.95 bits per heavy atom. The van der Waals surface area contributed by atoms with Crippen LogP contribution in [0.2, 0.25) is 0 Å². The minimum absolute atomic E-state index is 0.161. The number of hydrogen-bond donors (Lipinski definition) is 0. The zero-order chi connectivity index (χ0) is 14.0. The van der Waals surface area contributed by atoms with Crippen molar-refractivity contribution in [3.63, 3.8) is 0 Å². The molecule has 2 rings (SSSR count). The van der Waals surface area contributed by atoms with Crippen LogP contribution in [0.5, 0.6) is 5.88 Å². The van der Waals surface area contributed by atoms with Gasteiger partial charge in [0.15, 0.2) is 0 Å². The second-order valence-corrected chi connectivity index (χ2v) is 5.73. The van der Waals surface area contributed by atoms with E-state index in [2.05, 4.69) is 25.8 Å². The Hall–Kier alpha value is -0.800. The van der Waals surface area contributed by atoms with Crippen molar-refractivity contribution in [3.05, 3.63) is 22.9 Å². The van der Waals surface area contributed by atoms with E-state index in [1.165, 1.54) is 0 Å². The monoisotopic (exact) mass is 283 g/mol. The lowest BCUT2D eigenvalue weighted by atomic mass is 10.0. The van der Waals surface area contributed by atoms with E-state index in [4.69, 9.17) is 21.1 Å². The highest BCUT2D eigenvalue weighted by atomic mass is 35.5. The van der Waals surface area contributed by atoms with E-state index >= 15 is 0 Å². The van der Waals surface area contributed by atoms with Gasteiger partial charge in [-0.2, -0.15) is 0 Å². The predicted octanol–water partition coefficient (Wildman–Crippen LogP) is 3.77. The quantitative estimate of drug-likeness (QED) is 0.791. The van der Waals surface area contributed by atoms with Crippen molar-refractivity contribution in [1.29, 1.82) is 0 Å². The maximum atomic E-state index is 6.10. The average Bonchev–Trinajstić information content (AvgIpc) is 2.26. The minimum atomic E-state index is 0.161. The summed E-state index contributed by atoms with van der Waals surface area (Å²) in [6, 6.07) is 2.04. The lowest BCUT2D eigenvalue weighted by molar-refractivity contribution is -0.0731. The van der Waals surface area contributed by atoms with Crippen molar-refractivity contribution in [2.24, 2.45) is 0 Å². The summed E-state index contributed by atoms with van der Waals surface area (Å²) in [6.07, 6.45) is 2.44. The van der Waals surface area contributed by atoms with Crippen molar-refractivity contribution in [2.75, 3.05) is 0 Å². The second kappa shape index (κ2) is 6.10. The molecule has 0 bridgehead atoms. The van der Waals surface area contributed by atoms with Gasteiger partial charge in [-0.25, -0.2) is 4.98 Å². The summed E-state index contributed by atoms with van der Waals surface area (Å²) in [5.41, 5.74) is 3.11. The number of nitrogens with zero attached hydrogens (tertiary/aromatic N) is 1. The molecule has 0 saturated carbocycles. The minimum Gasteiger partial charge on any atom is -0.474 e. The lowest BCUT2D eigenvalue weighted by Gasteiger charge is -2.32. The Labute approximate surface area is 120 Å². The van der Waals surface area contributed by atoms with Crippen LogP contribution in [0.3, 0.4) is 0 Å². The summed E-state index contributed by atoms with van der Waals surface area (Å²) in [5, 5.41) is 0. The van der Waals surface area contributed by atoms with Crippen LogP contribution in [-0.2, 0) is 10.6 Å². The van der Waals surface area contributed by atoms with E-state index in [9.17, 15) is 0 Å². The lowest BCUT2D eigenvalue weighted by Crippen LogP contribution is -2.36. The first-order chi connectivity index (χ1) is 8.99. The van der Waals surface area contributed by atoms with E-state index in [0.29, 0.717) is 11.8 Å². The van der Waals surface area contributed by atoms with Crippen molar-refractivity contribution >= 4 is 11.6 Å². The molecular weight excluding hydrogens is 262 g/mol. The summed E-state index contributed by atoms with van der Waals surface area (Å²) in [7, 11) is 0. The molecule has 1 aromatic heterocycles. The van der Waals surface area contributed by atoms with Gasteiger partial charge in [0.05, 0.1) is 18.1 Å². The van der Waals surface area contributed by atoms with Gasteiger partial charge in [-0.3, -0.25) is 0 Å². The maximum absolute atomic E-state index is 6.10. The standard InChI is InChI=1S/C15H22ClNO2/c1-9-5-10(2)17-15(14(9)8-16)19-13-6-11(3)18-12(4)7-13/h5,11-13H,6-8H2,1-4H3. The highest BCUT2D eigenvalue weighted by Gasteiger charge is 2.27. The van der Waals surface area contributed by atoms with Gasteiger partial charge >= 0.3 is 0 Å². The van der Waals surface area contributed by atoms with Crippen LogP contribution in [-0.4, -0.2) is 23.3 Å². The largest absolute Gasteiger partial charge is 0.474 e. The van der Waals surface area contributed by atoms with Gasteiger partial charge in [-0.05, 0) is 39.3 Å². The highest BCUT2D eigenvalue weighted by molar-refractivity contribution is 6.17. The second-order valence-electron chi connectivity index (χ2n) is 5.47. The van der Waals surface area contributed by atoms with Crippen LogP contribution in [0.25, 0.3) is 0 Å². The van der Waals surface area contributed by atoms with E-state index in [-0.39, 0.29) is 18.3 Å². The highest BCUT2D eigenvalue weighted by Crippen LogP contribution is 2.28. The van der Waals surface area contributed by atoms with Crippen LogP contribution in [0.15, 0.2) is 6.07 Å². The SMILES string of the molecule is Cc1cc(C)c(CCl)c(OC2CC(C)OC(C)C2)n1. The van der Waals surface area contributed by atoms with Gasteiger partial charge in [0.25, 0.3) is 0 Å². The van der Waals surface area contributed by atoms with Crippen LogP contribution in [0.4, 0.5) is 0 Å². The molecule has 2 atom stereocenters. The molecule has 0 radical (unpaired) electrons. The molecular formula is C15H22ClNO2. The van der Waals surface area contributed by atoms with Gasteiger partial charge in [0.1, 0.15) is 6.10 Å². The number of ether oxygens (including phenoxy) is 2. The predicted molar refractivity (Wildman–Crippen MR) is 76.9 cm³/mol. The smallest absolute Gasteiger partial charge is 0.218 e. The Kier molecular flexibility index (Phi) is 4.69. The van der Waals surface area contributed by atoms with Gasteiger partial charge in [0, 0.05) is 24.1 Å². The Morgan fingerprint density at radius 3 is 2.53 bits per heavy atom. The Bertz CT molecular complexity index is 440. The van der Waals surface area contributed by atoms with Crippen molar-refractivity contribution in [1.82, 2.24) is 4.98 Å². The molecule has 1 fully saturated rings. The summed E-state index contributed by atoms with van der Waals surface area (Å²) < 4.78 is 11.8. The first-order valence-corrected chi connectivity index (χ1v) is 7.38. The number of halogens is 1. The number of hydrogen-bond acceptors (Lipinski definition) is 3. The molecule has 0 spiro atoms. The number of pyridine rings is 1. The third-order valence-electron chi connectivity index (χ3n) is 3.50. The Morgan fingerprint density at radius 1 is 1.32 bits per heavy atom. The molecule has 1 aliphatic heterocycles. The topological polar surface area (TPSA) is 31.4 Å². The first-order valence-electron chi connectivity index (χ1n) is 6.84. The molecule has 4 heteroatoms. The molecule has 0 aliphatic carbocycles. The van der Waals surface area contributed by atoms with E-state index in [1.807, 2.05) is 13.0 Å². The molecule has 2 unspecified atom stereocenters. The molecule has 1 aliphatic rings. The van der Waals surface area contributed by atoms with Crippen LogP contribution in [0.1, 0.15) is 43.5 Å². The van der Waals surface area contributed by atoms with E-state index in [0.717, 1.165) is 29.7 Å². The number of aromatic nitrogens is 1. The van der Waals surface area contributed by atoms with Crippen molar-refractivity contribution in [2.45, 2.75) is 64.7 Å². The fourth-order valence-electron chi connectivity index (χ4n) is 2.69. The molecule has 2 heterocycles. The van der Waals surface area contributed by atoms with Crippen LogP contribution >= 0.6 is 11.6 Å². The van der Waals surface area contributed by atoms with Gasteiger partial charge in [-0.15, -0.1) is 11.6 Å². The molecule has 0 amide bonds. The summed E-state index contributed by atoms with van der Waals surface area (Å²) in [5.74, 6) is 1.13. The molecule has 3 nitrogen and oxygen atoms in total. The molecule has 19 heavy (non-hydrogen) atoms. The normalized spacial score (nSPS) is 27.3. The molecule has 106 valence electrons.